The van der Waals surface area contributed by atoms with E-state index in [1.54, 1.807) is 0 Å². The highest BCUT2D eigenvalue weighted by atomic mass is 16.5. The van der Waals surface area contributed by atoms with Gasteiger partial charge in [-0.2, -0.15) is 0 Å². The Hall–Kier alpha value is -0.610. The Morgan fingerprint density at radius 1 is 1.47 bits per heavy atom. The van der Waals surface area contributed by atoms with E-state index in [1.165, 1.54) is 0 Å². The number of hydrogen-bond donors (Lipinski definition) is 1. The number of hydrogen-bond acceptors (Lipinski definition) is 3. The molecule has 2 heterocycles. The Labute approximate surface area is 104 Å². The SMILES string of the molecule is CC1CC(C(=O)N2CCOC(C)(C)C2)CCN1. The molecule has 1 amide bonds. The van der Waals surface area contributed by atoms with Crippen LogP contribution in [-0.2, 0) is 9.53 Å². The van der Waals surface area contributed by atoms with Crippen LogP contribution in [0.5, 0.6) is 0 Å². The lowest BCUT2D eigenvalue weighted by Crippen LogP contribution is -2.53. The number of ether oxygens (including phenoxy) is 1. The minimum Gasteiger partial charge on any atom is -0.372 e. The van der Waals surface area contributed by atoms with Crippen molar-refractivity contribution in [3.8, 4) is 0 Å². The zero-order valence-electron chi connectivity index (χ0n) is 11.2. The number of piperidine rings is 1. The number of amides is 1. The predicted octanol–water partition coefficient (Wildman–Crippen LogP) is 1.01. The maximum atomic E-state index is 12.4. The van der Waals surface area contributed by atoms with E-state index < -0.39 is 0 Å². The van der Waals surface area contributed by atoms with Crippen molar-refractivity contribution in [2.75, 3.05) is 26.2 Å². The van der Waals surface area contributed by atoms with Gasteiger partial charge in [0.25, 0.3) is 0 Å². The quantitative estimate of drug-likeness (QED) is 0.744. The van der Waals surface area contributed by atoms with Crippen LogP contribution in [0.4, 0.5) is 0 Å². The molecule has 17 heavy (non-hydrogen) atoms. The Bertz CT molecular complexity index is 291. The van der Waals surface area contributed by atoms with Gasteiger partial charge in [-0.15, -0.1) is 0 Å². The van der Waals surface area contributed by atoms with Crippen LogP contribution in [0.1, 0.15) is 33.6 Å². The highest BCUT2D eigenvalue weighted by molar-refractivity contribution is 5.79. The van der Waals surface area contributed by atoms with Gasteiger partial charge in [-0.1, -0.05) is 0 Å². The Kier molecular flexibility index (Phi) is 3.73. The lowest BCUT2D eigenvalue weighted by molar-refractivity contribution is -0.151. The molecule has 98 valence electrons. The van der Waals surface area contributed by atoms with Gasteiger partial charge in [0.15, 0.2) is 0 Å². The summed E-state index contributed by atoms with van der Waals surface area (Å²) < 4.78 is 5.65. The van der Waals surface area contributed by atoms with Crippen LogP contribution in [0.25, 0.3) is 0 Å². The second-order valence-electron chi connectivity index (χ2n) is 5.94. The number of nitrogens with one attached hydrogen (secondary N) is 1. The molecule has 0 radical (unpaired) electrons. The highest BCUT2D eigenvalue weighted by Gasteiger charge is 2.34. The van der Waals surface area contributed by atoms with E-state index in [4.69, 9.17) is 4.74 Å². The number of carbonyl (C=O) groups excluding carboxylic acids is 1. The fourth-order valence-corrected chi connectivity index (χ4v) is 2.82. The molecule has 2 aliphatic heterocycles. The summed E-state index contributed by atoms with van der Waals surface area (Å²) in [4.78, 5) is 14.4. The molecular formula is C13H24N2O2. The third-order valence-electron chi connectivity index (χ3n) is 3.71. The molecular weight excluding hydrogens is 216 g/mol. The highest BCUT2D eigenvalue weighted by Crippen LogP contribution is 2.23. The summed E-state index contributed by atoms with van der Waals surface area (Å²) in [5.41, 5.74) is -0.188. The first-order valence-electron chi connectivity index (χ1n) is 6.64. The number of carbonyl (C=O) groups is 1. The first-order chi connectivity index (χ1) is 7.98. The van der Waals surface area contributed by atoms with Crippen molar-refractivity contribution in [2.45, 2.75) is 45.3 Å². The van der Waals surface area contributed by atoms with Gasteiger partial charge in [0, 0.05) is 25.0 Å². The average Bonchev–Trinajstić information content (AvgIpc) is 2.26. The van der Waals surface area contributed by atoms with Crippen LogP contribution in [0.2, 0.25) is 0 Å². The fourth-order valence-electron chi connectivity index (χ4n) is 2.82. The summed E-state index contributed by atoms with van der Waals surface area (Å²) in [5, 5.41) is 3.39. The van der Waals surface area contributed by atoms with Gasteiger partial charge in [-0.3, -0.25) is 4.79 Å². The Morgan fingerprint density at radius 2 is 2.24 bits per heavy atom. The zero-order chi connectivity index (χ0) is 12.5. The second-order valence-corrected chi connectivity index (χ2v) is 5.94. The first kappa shape index (κ1) is 12.8. The summed E-state index contributed by atoms with van der Waals surface area (Å²) in [7, 11) is 0. The lowest BCUT2D eigenvalue weighted by atomic mass is 9.91. The topological polar surface area (TPSA) is 41.6 Å². The van der Waals surface area contributed by atoms with E-state index in [0.29, 0.717) is 18.6 Å². The molecule has 0 saturated carbocycles. The molecule has 2 unspecified atom stereocenters. The van der Waals surface area contributed by atoms with Crippen molar-refractivity contribution in [1.29, 1.82) is 0 Å². The van der Waals surface area contributed by atoms with Crippen molar-refractivity contribution in [2.24, 2.45) is 5.92 Å². The molecule has 0 aliphatic carbocycles. The second kappa shape index (κ2) is 4.94. The van der Waals surface area contributed by atoms with Crippen LogP contribution in [-0.4, -0.2) is 48.7 Å². The van der Waals surface area contributed by atoms with Gasteiger partial charge in [-0.05, 0) is 40.2 Å². The average molecular weight is 240 g/mol. The van der Waals surface area contributed by atoms with Gasteiger partial charge in [0.05, 0.1) is 12.2 Å². The largest absolute Gasteiger partial charge is 0.372 e. The van der Waals surface area contributed by atoms with Crippen molar-refractivity contribution >= 4 is 5.91 Å². The molecule has 0 spiro atoms. The van der Waals surface area contributed by atoms with Gasteiger partial charge >= 0.3 is 0 Å². The summed E-state index contributed by atoms with van der Waals surface area (Å²) in [6.07, 6.45) is 1.94. The molecule has 2 aliphatic rings. The maximum Gasteiger partial charge on any atom is 0.225 e. The van der Waals surface area contributed by atoms with E-state index in [9.17, 15) is 4.79 Å². The third kappa shape index (κ3) is 3.19. The Morgan fingerprint density at radius 3 is 2.88 bits per heavy atom. The van der Waals surface area contributed by atoms with Crippen molar-refractivity contribution in [1.82, 2.24) is 10.2 Å². The summed E-state index contributed by atoms with van der Waals surface area (Å²) in [6, 6.07) is 0.465. The van der Waals surface area contributed by atoms with Crippen LogP contribution >= 0.6 is 0 Å². The Balaban J connectivity index is 1.94. The van der Waals surface area contributed by atoms with Crippen LogP contribution < -0.4 is 5.32 Å². The monoisotopic (exact) mass is 240 g/mol. The molecule has 1 N–H and O–H groups in total. The lowest BCUT2D eigenvalue weighted by Gasteiger charge is -2.40. The van der Waals surface area contributed by atoms with Crippen molar-refractivity contribution < 1.29 is 9.53 Å². The summed E-state index contributed by atoms with van der Waals surface area (Å²) >= 11 is 0. The van der Waals surface area contributed by atoms with E-state index in [-0.39, 0.29) is 11.5 Å². The molecule has 2 rings (SSSR count). The van der Waals surface area contributed by atoms with E-state index in [1.807, 2.05) is 4.90 Å². The minimum atomic E-state index is -0.188. The first-order valence-corrected chi connectivity index (χ1v) is 6.64. The molecule has 4 heteroatoms. The van der Waals surface area contributed by atoms with E-state index >= 15 is 0 Å². The molecule has 4 nitrogen and oxygen atoms in total. The predicted molar refractivity (Wildman–Crippen MR) is 66.8 cm³/mol. The van der Waals surface area contributed by atoms with Crippen LogP contribution in [0.15, 0.2) is 0 Å². The smallest absolute Gasteiger partial charge is 0.225 e. The van der Waals surface area contributed by atoms with Gasteiger partial charge < -0.3 is 15.0 Å². The van der Waals surface area contributed by atoms with Gasteiger partial charge in [-0.25, -0.2) is 0 Å². The molecule has 0 bridgehead atoms. The summed E-state index contributed by atoms with van der Waals surface area (Å²) in [5.74, 6) is 0.537. The van der Waals surface area contributed by atoms with E-state index in [2.05, 4.69) is 26.1 Å². The van der Waals surface area contributed by atoms with Crippen molar-refractivity contribution in [3.05, 3.63) is 0 Å². The molecule has 2 atom stereocenters. The van der Waals surface area contributed by atoms with Gasteiger partial charge in [0.2, 0.25) is 5.91 Å². The standard InChI is InChI=1S/C13H24N2O2/c1-10-8-11(4-5-14-10)12(16)15-6-7-17-13(2,3)9-15/h10-11,14H,4-9H2,1-3H3. The fraction of sp³-hybridized carbons (Fsp3) is 0.923. The molecule has 0 aromatic carbocycles. The van der Waals surface area contributed by atoms with E-state index in [0.717, 1.165) is 32.5 Å². The van der Waals surface area contributed by atoms with Crippen LogP contribution in [0.3, 0.4) is 0 Å². The molecule has 2 fully saturated rings. The van der Waals surface area contributed by atoms with Crippen LogP contribution in [0, 0.1) is 5.92 Å². The minimum absolute atomic E-state index is 0.188. The number of morpholine rings is 1. The summed E-state index contributed by atoms with van der Waals surface area (Å²) in [6.45, 7) is 9.37. The molecule has 0 aromatic heterocycles. The molecule has 0 aromatic rings. The molecule has 2 saturated heterocycles. The maximum absolute atomic E-state index is 12.4. The zero-order valence-corrected chi connectivity index (χ0v) is 11.2. The normalized spacial score (nSPS) is 33.5. The van der Waals surface area contributed by atoms with Gasteiger partial charge in [0.1, 0.15) is 0 Å². The van der Waals surface area contributed by atoms with Crippen molar-refractivity contribution in [3.63, 3.8) is 0 Å². The number of nitrogens with zero attached hydrogens (tertiary/aromatic N) is 1. The number of rotatable bonds is 1. The third-order valence-corrected chi connectivity index (χ3v) is 3.71.